The molecule has 1 saturated heterocycles. The molecule has 10 nitrogen and oxygen atoms in total. The molecule has 5 heterocycles. The number of nitriles is 1. The van der Waals surface area contributed by atoms with E-state index in [4.69, 9.17) is 9.47 Å². The molecule has 2 aliphatic rings. The van der Waals surface area contributed by atoms with E-state index in [0.717, 1.165) is 17.5 Å². The van der Waals surface area contributed by atoms with E-state index >= 15 is 8.78 Å². The summed E-state index contributed by atoms with van der Waals surface area (Å²) < 4.78 is 57.5. The van der Waals surface area contributed by atoms with E-state index in [0.29, 0.717) is 23.1 Å². The van der Waals surface area contributed by atoms with Gasteiger partial charge in [-0.25, -0.2) is 27.9 Å². The minimum atomic E-state index is -1.13. The molecular weight excluding hydrogens is 583 g/mol. The summed E-state index contributed by atoms with van der Waals surface area (Å²) in [5.41, 5.74) is 0.251. The Hall–Kier alpha value is -4.06. The van der Waals surface area contributed by atoms with E-state index in [1.165, 1.54) is 6.20 Å². The molecule has 0 bridgehead atoms. The summed E-state index contributed by atoms with van der Waals surface area (Å²) in [6.45, 7) is 5.65. The molecule has 3 aromatic heterocycles. The van der Waals surface area contributed by atoms with Crippen molar-refractivity contribution in [2.75, 3.05) is 37.4 Å². The Morgan fingerprint density at radius 1 is 1.21 bits per heavy atom. The van der Waals surface area contributed by atoms with Crippen molar-refractivity contribution in [2.24, 2.45) is 0 Å². The first-order valence-corrected chi connectivity index (χ1v) is 14.3. The van der Waals surface area contributed by atoms with Gasteiger partial charge in [-0.15, -0.1) is 11.3 Å². The quantitative estimate of drug-likeness (QED) is 0.318. The number of hydrogen-bond donors (Lipinski definition) is 1. The number of rotatable bonds is 4. The second kappa shape index (κ2) is 10.6. The maximum Gasteiger partial charge on any atom is 0.412 e. The molecule has 1 fully saturated rings. The largest absolute Gasteiger partial charge is 0.444 e. The van der Waals surface area contributed by atoms with Gasteiger partial charge in [0.15, 0.2) is 11.6 Å². The summed E-state index contributed by atoms with van der Waals surface area (Å²) in [6, 6.07) is 1.66. The number of anilines is 2. The first-order valence-electron chi connectivity index (χ1n) is 13.5. The molecule has 14 heteroatoms. The minimum Gasteiger partial charge on any atom is -0.444 e. The number of halogens is 3. The number of nitrogens with zero attached hydrogens (tertiary/aromatic N) is 6. The van der Waals surface area contributed by atoms with Gasteiger partial charge in [0.25, 0.3) is 0 Å². The number of ether oxygens (including phenoxy) is 2. The van der Waals surface area contributed by atoms with Crippen LogP contribution >= 0.6 is 11.3 Å². The highest BCUT2D eigenvalue weighted by atomic mass is 32.1. The molecule has 6 rings (SSSR count). The molecule has 43 heavy (non-hydrogen) atoms. The molecule has 0 radical (unpaired) electrons. The molecule has 2 atom stereocenters. The fraction of sp³-hybridized carbons (Fsp3) is 0.414. The zero-order valence-electron chi connectivity index (χ0n) is 24.1. The maximum absolute atomic E-state index is 16.7. The Labute approximate surface area is 249 Å². The second-order valence-electron chi connectivity index (χ2n) is 11.7. The lowest BCUT2D eigenvalue weighted by Crippen LogP contribution is -2.36. The van der Waals surface area contributed by atoms with Crippen molar-refractivity contribution in [1.82, 2.24) is 19.9 Å². The number of pyridine rings is 1. The van der Waals surface area contributed by atoms with Crippen molar-refractivity contribution >= 4 is 49.4 Å². The third-order valence-electron chi connectivity index (χ3n) is 7.49. The van der Waals surface area contributed by atoms with Crippen LogP contribution in [0.4, 0.5) is 28.9 Å². The summed E-state index contributed by atoms with van der Waals surface area (Å²) in [5.74, 6) is -1.31. The fourth-order valence-corrected chi connectivity index (χ4v) is 6.59. The van der Waals surface area contributed by atoms with Crippen LogP contribution in [0.25, 0.3) is 32.2 Å². The van der Waals surface area contributed by atoms with E-state index in [9.17, 15) is 14.4 Å². The van der Waals surface area contributed by atoms with Gasteiger partial charge in [0.2, 0.25) is 5.95 Å². The Kier molecular flexibility index (Phi) is 7.15. The lowest BCUT2D eigenvalue weighted by atomic mass is 9.94. The highest BCUT2D eigenvalue weighted by molar-refractivity contribution is 7.23. The molecule has 224 valence electrons. The van der Waals surface area contributed by atoms with Crippen LogP contribution < -0.4 is 10.2 Å². The minimum absolute atomic E-state index is 0.0143. The Bertz CT molecular complexity index is 1830. The topological polar surface area (TPSA) is 116 Å². The van der Waals surface area contributed by atoms with Crippen molar-refractivity contribution in [3.8, 4) is 17.3 Å². The molecule has 1 N–H and O–H groups in total. The summed E-state index contributed by atoms with van der Waals surface area (Å²) in [4.78, 5) is 29.2. The van der Waals surface area contributed by atoms with E-state index in [-0.39, 0.29) is 69.2 Å². The van der Waals surface area contributed by atoms with Gasteiger partial charge in [-0.05, 0) is 46.0 Å². The molecule has 1 amide bonds. The number of benzene rings is 1. The van der Waals surface area contributed by atoms with Crippen LogP contribution in [0.1, 0.15) is 37.5 Å². The molecule has 0 unspecified atom stereocenters. The highest BCUT2D eigenvalue weighted by Gasteiger charge is 2.36. The van der Waals surface area contributed by atoms with Crippen LogP contribution in [0.15, 0.2) is 12.4 Å². The number of amides is 1. The van der Waals surface area contributed by atoms with Crippen molar-refractivity contribution in [1.29, 1.82) is 5.26 Å². The second-order valence-corrected chi connectivity index (χ2v) is 12.7. The zero-order chi connectivity index (χ0) is 30.8. The molecule has 2 aliphatic heterocycles. The van der Waals surface area contributed by atoms with Crippen molar-refractivity contribution in [3.05, 3.63) is 40.7 Å². The summed E-state index contributed by atoms with van der Waals surface area (Å²) >= 11 is 0.828. The van der Waals surface area contributed by atoms with E-state index < -0.39 is 29.5 Å². The highest BCUT2D eigenvalue weighted by Crippen LogP contribution is 2.46. The third-order valence-corrected chi connectivity index (χ3v) is 8.60. The predicted molar refractivity (Wildman–Crippen MR) is 156 cm³/mol. The van der Waals surface area contributed by atoms with Gasteiger partial charge in [-0.1, -0.05) is 0 Å². The van der Waals surface area contributed by atoms with Crippen LogP contribution in [-0.2, 0) is 22.7 Å². The normalized spacial score (nSPS) is 18.5. The number of carbonyl (C=O) groups is 1. The maximum atomic E-state index is 16.7. The summed E-state index contributed by atoms with van der Waals surface area (Å²) in [7, 11) is 3.59. The zero-order valence-corrected chi connectivity index (χ0v) is 24.9. The van der Waals surface area contributed by atoms with Gasteiger partial charge in [-0.3, -0.25) is 10.3 Å². The average molecular weight is 612 g/mol. The van der Waals surface area contributed by atoms with E-state index in [1.807, 2.05) is 6.07 Å². The van der Waals surface area contributed by atoms with E-state index in [1.54, 1.807) is 44.7 Å². The van der Waals surface area contributed by atoms with Gasteiger partial charge in [0, 0.05) is 29.1 Å². The molecular formula is C29H28F3N7O3S. The van der Waals surface area contributed by atoms with Gasteiger partial charge in [0.1, 0.15) is 28.4 Å². The first-order chi connectivity index (χ1) is 20.4. The van der Waals surface area contributed by atoms with Gasteiger partial charge < -0.3 is 19.3 Å². The molecule has 0 spiro atoms. The van der Waals surface area contributed by atoms with Gasteiger partial charge in [-0.2, -0.15) is 5.26 Å². The van der Waals surface area contributed by atoms with Crippen LogP contribution in [0.3, 0.4) is 0 Å². The van der Waals surface area contributed by atoms with E-state index in [2.05, 4.69) is 20.3 Å². The lowest BCUT2D eigenvalue weighted by Gasteiger charge is -2.21. The number of thiophene rings is 1. The lowest BCUT2D eigenvalue weighted by molar-refractivity contribution is 0.0636. The molecule has 0 aliphatic carbocycles. The third kappa shape index (κ3) is 5.01. The average Bonchev–Trinajstić information content (AvgIpc) is 3.66. The van der Waals surface area contributed by atoms with Crippen LogP contribution in [0, 0.1) is 23.0 Å². The van der Waals surface area contributed by atoms with Crippen molar-refractivity contribution in [2.45, 2.75) is 51.8 Å². The summed E-state index contributed by atoms with van der Waals surface area (Å²) in [6.07, 6.45) is 0.508. The van der Waals surface area contributed by atoms with Crippen molar-refractivity contribution < 1.29 is 27.4 Å². The number of alkyl halides is 1. The van der Waals surface area contributed by atoms with Crippen molar-refractivity contribution in [3.63, 3.8) is 0 Å². The number of nitrogens with one attached hydrogen (secondary N) is 1. The number of carbonyl (C=O) groups excluding carboxylic acids is 1. The van der Waals surface area contributed by atoms with Crippen LogP contribution in [-0.4, -0.2) is 70.9 Å². The predicted octanol–water partition coefficient (Wildman–Crippen LogP) is 5.52. The van der Waals surface area contributed by atoms with Gasteiger partial charge >= 0.3 is 6.09 Å². The Morgan fingerprint density at radius 3 is 2.63 bits per heavy atom. The molecule has 4 aromatic rings. The first kappa shape index (κ1) is 29.0. The van der Waals surface area contributed by atoms with Gasteiger partial charge in [0.05, 0.1) is 48.0 Å². The smallest absolute Gasteiger partial charge is 0.412 e. The van der Waals surface area contributed by atoms with Crippen LogP contribution in [0.5, 0.6) is 0 Å². The van der Waals surface area contributed by atoms with Crippen LogP contribution in [0.2, 0.25) is 0 Å². The monoisotopic (exact) mass is 611 g/mol. The number of aromatic nitrogens is 3. The standard InChI is InChI=1S/C29H28F3N7O3S/c1-29(2,3)42-28(40)37-26-13(6-33)21-24(34-8-17(30)25(21)43-26)20-16-12-41-11-15(16)14-7-35-27(36-23(14)22(20)32)39-9-18(31)19(10-39)38(4)5/h7-8,18-19H,9-12H2,1-5H3,(H,37,40)/t18-,19-/m0/s1. The molecule has 1 aromatic carbocycles. The number of likely N-dealkylation sites (N-methyl/N-ethyl adjacent to an activating group) is 1. The summed E-state index contributed by atoms with van der Waals surface area (Å²) in [5, 5.41) is 13.2. The molecule has 0 saturated carbocycles. The Balaban J connectivity index is 1.53. The number of fused-ring (bicyclic) bond motifs is 4. The number of hydrogen-bond acceptors (Lipinski definition) is 10. The fourth-order valence-electron chi connectivity index (χ4n) is 5.55. The Morgan fingerprint density at radius 2 is 1.95 bits per heavy atom. The SMILES string of the molecule is CN(C)[C@H]1CN(c2ncc3c4c(c(-c5ncc(F)c6sc(NC(=O)OC(C)(C)C)c(C#N)c56)c(F)c3n2)COC4)C[C@@H]1F.